The molecule has 0 unspecified atom stereocenters. The van der Waals surface area contributed by atoms with Crippen LogP contribution < -0.4 is 20.4 Å². The topological polar surface area (TPSA) is 87.0 Å². The van der Waals surface area contributed by atoms with Crippen LogP contribution >= 0.6 is 12.2 Å². The number of nitrogens with zero attached hydrogens (tertiary/aromatic N) is 3. The van der Waals surface area contributed by atoms with Gasteiger partial charge in [0.25, 0.3) is 0 Å². The second-order valence-electron chi connectivity index (χ2n) is 10.8. The number of piperazine rings is 1. The molecule has 0 amide bonds. The van der Waals surface area contributed by atoms with E-state index in [4.69, 9.17) is 17.0 Å². The first kappa shape index (κ1) is 24.2. The first-order chi connectivity index (χ1) is 17.8. The van der Waals surface area contributed by atoms with Crippen LogP contribution in [-0.4, -0.2) is 64.5 Å². The number of halogens is 1. The number of anilines is 1. The Bertz CT molecular complexity index is 1390. The molecule has 4 atom stereocenters. The van der Waals surface area contributed by atoms with Crippen molar-refractivity contribution in [2.24, 2.45) is 11.8 Å². The molecule has 196 valence electrons. The number of methoxy groups -OCH3 is 1. The van der Waals surface area contributed by atoms with Crippen LogP contribution in [0.25, 0.3) is 10.9 Å². The average molecular weight is 527 g/mol. The molecule has 0 radical (unpaired) electrons. The fraction of sp³-hybridized carbons (Fsp3) is 0.519. The van der Waals surface area contributed by atoms with Gasteiger partial charge in [0.05, 0.1) is 18.0 Å². The van der Waals surface area contributed by atoms with Crippen molar-refractivity contribution in [1.82, 2.24) is 14.8 Å². The molecule has 1 saturated heterocycles. The van der Waals surface area contributed by atoms with Crippen LogP contribution in [0.3, 0.4) is 0 Å². The second-order valence-corrected chi connectivity index (χ2v) is 11.2. The van der Waals surface area contributed by atoms with E-state index in [-0.39, 0.29) is 28.8 Å². The van der Waals surface area contributed by atoms with E-state index in [1.165, 1.54) is 25.8 Å². The number of carbonyl (C=O) groups is 1. The van der Waals surface area contributed by atoms with Crippen molar-refractivity contribution in [3.8, 4) is 5.75 Å². The third kappa shape index (κ3) is 4.05. The largest absolute Gasteiger partial charge is 0.492 e. The summed E-state index contributed by atoms with van der Waals surface area (Å²) in [6, 6.07) is 1.64. The maximum Gasteiger partial charge on any atom is 0.341 e. The average Bonchev–Trinajstić information content (AvgIpc) is 3.50. The molecule has 2 saturated carbocycles. The Balaban J connectivity index is 1.31. The van der Waals surface area contributed by atoms with Crippen molar-refractivity contribution in [3.05, 3.63) is 46.0 Å². The van der Waals surface area contributed by atoms with Crippen LogP contribution in [0.1, 0.15) is 49.0 Å². The third-order valence-electron chi connectivity index (χ3n) is 8.37. The minimum atomic E-state index is -1.32. The molecule has 10 heteroatoms. The zero-order valence-electron chi connectivity index (χ0n) is 20.9. The first-order valence-electron chi connectivity index (χ1n) is 13.0. The molecule has 3 fully saturated rings. The zero-order valence-corrected chi connectivity index (χ0v) is 21.8. The van der Waals surface area contributed by atoms with E-state index in [0.717, 1.165) is 24.4 Å². The van der Waals surface area contributed by atoms with E-state index in [1.54, 1.807) is 4.57 Å². The predicted molar refractivity (Wildman–Crippen MR) is 143 cm³/mol. The minimum Gasteiger partial charge on any atom is -0.492 e. The first-order valence-corrected chi connectivity index (χ1v) is 13.4. The Morgan fingerprint density at radius 3 is 2.62 bits per heavy atom. The number of hydrogen-bond donors (Lipinski definition) is 2. The highest BCUT2D eigenvalue weighted by molar-refractivity contribution is 7.80. The van der Waals surface area contributed by atoms with Gasteiger partial charge in [-0.3, -0.25) is 4.79 Å². The summed E-state index contributed by atoms with van der Waals surface area (Å²) in [6.45, 7) is 3.75. The molecular formula is C27H31FN4O4S. The van der Waals surface area contributed by atoms with Gasteiger partial charge in [0.15, 0.2) is 16.7 Å². The number of carboxylic acid groups (broad SMARTS) is 1. The smallest absolute Gasteiger partial charge is 0.341 e. The molecule has 2 N–H and O–H groups in total. The van der Waals surface area contributed by atoms with Crippen molar-refractivity contribution < 1.29 is 19.0 Å². The van der Waals surface area contributed by atoms with E-state index in [1.807, 2.05) is 4.90 Å². The Kier molecular flexibility index (Phi) is 5.89. The molecule has 2 aromatic rings. The van der Waals surface area contributed by atoms with Gasteiger partial charge in [-0.15, -0.1) is 0 Å². The van der Waals surface area contributed by atoms with Crippen molar-refractivity contribution in [1.29, 1.82) is 0 Å². The summed E-state index contributed by atoms with van der Waals surface area (Å²) < 4.78 is 23.2. The van der Waals surface area contributed by atoms with E-state index in [2.05, 4.69) is 29.3 Å². The number of carboxylic acids is 1. The summed E-state index contributed by atoms with van der Waals surface area (Å²) in [6.07, 6.45) is 10.0. The molecule has 6 rings (SSSR count). The molecule has 2 heterocycles. The number of rotatable bonds is 5. The molecule has 2 bridgehead atoms. The van der Waals surface area contributed by atoms with E-state index < -0.39 is 17.2 Å². The Hall–Kier alpha value is -3.14. The number of thiocarbonyl (C=S) groups is 1. The maximum atomic E-state index is 15.7. The lowest BCUT2D eigenvalue weighted by molar-refractivity contribution is 0.0694. The van der Waals surface area contributed by atoms with Gasteiger partial charge in [0, 0.05) is 44.0 Å². The zero-order chi connectivity index (χ0) is 26.0. The highest BCUT2D eigenvalue weighted by Crippen LogP contribution is 2.44. The van der Waals surface area contributed by atoms with Crippen molar-refractivity contribution >= 4 is 39.9 Å². The Morgan fingerprint density at radius 1 is 1.24 bits per heavy atom. The van der Waals surface area contributed by atoms with E-state index in [9.17, 15) is 14.7 Å². The van der Waals surface area contributed by atoms with Crippen LogP contribution in [0.2, 0.25) is 0 Å². The van der Waals surface area contributed by atoms with Crippen LogP contribution in [0, 0.1) is 17.7 Å². The normalized spacial score (nSPS) is 26.7. The van der Waals surface area contributed by atoms with Crippen LogP contribution in [0.4, 0.5) is 10.1 Å². The fourth-order valence-corrected chi connectivity index (χ4v) is 6.80. The highest BCUT2D eigenvalue weighted by Gasteiger charge is 2.38. The van der Waals surface area contributed by atoms with Crippen LogP contribution in [0.5, 0.6) is 5.75 Å². The Morgan fingerprint density at radius 2 is 2.03 bits per heavy atom. The number of hydrogen-bond acceptors (Lipinski definition) is 5. The molecular weight excluding hydrogens is 495 g/mol. The lowest BCUT2D eigenvalue weighted by Crippen LogP contribution is -2.58. The van der Waals surface area contributed by atoms with E-state index >= 15 is 4.39 Å². The van der Waals surface area contributed by atoms with Crippen molar-refractivity contribution in [3.63, 3.8) is 0 Å². The van der Waals surface area contributed by atoms with Crippen LogP contribution in [0.15, 0.2) is 29.2 Å². The monoisotopic (exact) mass is 526 g/mol. The number of aromatic nitrogens is 1. The van der Waals surface area contributed by atoms with Crippen molar-refractivity contribution in [2.75, 3.05) is 31.6 Å². The summed E-state index contributed by atoms with van der Waals surface area (Å²) in [7, 11) is 1.47. The summed E-state index contributed by atoms with van der Waals surface area (Å²) in [5, 5.41) is 13.9. The van der Waals surface area contributed by atoms with Gasteiger partial charge in [-0.05, 0) is 62.7 Å². The quantitative estimate of drug-likeness (QED) is 0.452. The molecule has 0 spiro atoms. The fourth-order valence-electron chi connectivity index (χ4n) is 6.37. The lowest BCUT2D eigenvalue weighted by atomic mass is 10.0. The summed E-state index contributed by atoms with van der Waals surface area (Å²) in [5.74, 6) is -0.447. The van der Waals surface area contributed by atoms with Crippen molar-refractivity contribution in [2.45, 2.75) is 50.7 Å². The number of aromatic carboxylic acids is 1. The molecule has 3 aliphatic carbocycles. The van der Waals surface area contributed by atoms with Gasteiger partial charge >= 0.3 is 5.97 Å². The number of allylic oxidation sites excluding steroid dienone is 1. The van der Waals surface area contributed by atoms with Gasteiger partial charge < -0.3 is 29.5 Å². The number of ether oxygens (including phenoxy) is 1. The molecule has 37 heavy (non-hydrogen) atoms. The SMILES string of the molecule is COc1c(N2CCN(C(=S)N[C@@H]3C[C@H]4C=C[C@@H]3C4)[C@H](C)C2)c(F)cc2c(=O)c(C(=O)O)cn(C3CC3)c12. The number of fused-ring (bicyclic) bond motifs is 3. The molecule has 4 aliphatic rings. The molecule has 1 aromatic carbocycles. The number of benzene rings is 1. The van der Waals surface area contributed by atoms with Gasteiger partial charge in [0.2, 0.25) is 5.43 Å². The number of nitrogens with one attached hydrogen (secondary N) is 1. The van der Waals surface area contributed by atoms with Gasteiger partial charge in [-0.1, -0.05) is 12.2 Å². The summed E-state index contributed by atoms with van der Waals surface area (Å²) in [5.41, 5.74) is -0.306. The molecule has 1 aromatic heterocycles. The lowest BCUT2D eigenvalue weighted by Gasteiger charge is -2.43. The maximum absolute atomic E-state index is 15.7. The highest BCUT2D eigenvalue weighted by atomic mass is 32.1. The van der Waals surface area contributed by atoms with E-state index in [0.29, 0.717) is 48.7 Å². The van der Waals surface area contributed by atoms with Gasteiger partial charge in [-0.2, -0.15) is 0 Å². The number of pyridine rings is 1. The minimum absolute atomic E-state index is 0.0295. The third-order valence-corrected chi connectivity index (χ3v) is 8.72. The Labute approximate surface area is 219 Å². The second kappa shape index (κ2) is 9.01. The summed E-state index contributed by atoms with van der Waals surface area (Å²) in [4.78, 5) is 28.8. The molecule has 1 aliphatic heterocycles. The standard InChI is InChI=1S/C27H31FN4O4S/c1-14-12-30(7-8-31(14)27(37)29-21-10-15-3-4-16(21)9-15)23-20(28)11-18-22(25(23)36-2)32(17-5-6-17)13-19(24(18)33)26(34)35/h3-4,11,13-17,21H,5-10,12H2,1-2H3,(H,29,37)(H,34,35)/t14-,15+,16-,21-/m1/s1. The predicted octanol–water partition coefficient (Wildman–Crippen LogP) is 3.53. The molecule has 8 nitrogen and oxygen atoms in total. The van der Waals surface area contributed by atoms with Gasteiger partial charge in [0.1, 0.15) is 11.3 Å². The van der Waals surface area contributed by atoms with Gasteiger partial charge in [-0.25, -0.2) is 9.18 Å². The summed E-state index contributed by atoms with van der Waals surface area (Å²) >= 11 is 5.78. The van der Waals surface area contributed by atoms with Crippen LogP contribution in [-0.2, 0) is 0 Å².